The summed E-state index contributed by atoms with van der Waals surface area (Å²) in [5, 5.41) is 23.1. The highest BCUT2D eigenvalue weighted by Gasteiger charge is 2.27. The summed E-state index contributed by atoms with van der Waals surface area (Å²) in [7, 11) is 0. The van der Waals surface area contributed by atoms with Crippen LogP contribution in [0, 0.1) is 33.9 Å². The third-order valence-corrected chi connectivity index (χ3v) is 3.40. The molecule has 1 aromatic carbocycles. The number of non-ortho nitro benzene ring substituents is 1. The Bertz CT molecular complexity index is 763. The molecule has 0 aromatic heterocycles. The molecular formula is C15H12N4O2. The lowest BCUT2D eigenvalue weighted by Crippen LogP contribution is -2.23. The van der Waals surface area contributed by atoms with E-state index in [0.717, 1.165) is 0 Å². The molecule has 0 fully saturated rings. The first-order valence-corrected chi connectivity index (χ1v) is 6.24. The van der Waals surface area contributed by atoms with Crippen LogP contribution in [-0.4, -0.2) is 4.92 Å². The summed E-state index contributed by atoms with van der Waals surface area (Å²) in [6.07, 6.45) is 0. The number of nitro groups is 1. The molecule has 21 heavy (non-hydrogen) atoms. The molecule has 0 spiro atoms. The summed E-state index contributed by atoms with van der Waals surface area (Å²) in [4.78, 5) is 13.9. The number of allylic oxidation sites excluding steroid dienone is 2. The second-order valence-electron chi connectivity index (χ2n) is 4.68. The number of nitriles is 1. The molecule has 0 bridgehead atoms. The van der Waals surface area contributed by atoms with E-state index in [-0.39, 0.29) is 11.6 Å². The summed E-state index contributed by atoms with van der Waals surface area (Å²) in [5.41, 5.74) is 2.62. The molecule has 0 radical (unpaired) electrons. The van der Waals surface area contributed by atoms with Crippen LogP contribution in [0.4, 0.5) is 5.69 Å². The molecular weight excluding hydrogens is 268 g/mol. The van der Waals surface area contributed by atoms with Crippen LogP contribution < -0.4 is 5.32 Å². The molecule has 0 amide bonds. The number of rotatable bonds is 2. The highest BCUT2D eigenvalue weighted by molar-refractivity contribution is 5.74. The fourth-order valence-corrected chi connectivity index (χ4v) is 2.33. The molecule has 0 unspecified atom stereocenters. The van der Waals surface area contributed by atoms with E-state index in [2.05, 4.69) is 16.2 Å². The Kier molecular flexibility index (Phi) is 3.73. The van der Waals surface area contributed by atoms with Crippen LogP contribution in [0.1, 0.15) is 19.4 Å². The van der Waals surface area contributed by atoms with Crippen molar-refractivity contribution in [2.45, 2.75) is 13.8 Å². The Balaban J connectivity index is 2.58. The summed E-state index contributed by atoms with van der Waals surface area (Å²) in [6, 6.07) is 8.21. The van der Waals surface area contributed by atoms with Gasteiger partial charge in [0.2, 0.25) is 0 Å². The fraction of sp³-hybridized carbons (Fsp3) is 0.200. The number of benzene rings is 1. The van der Waals surface area contributed by atoms with Gasteiger partial charge in [0.1, 0.15) is 0 Å². The van der Waals surface area contributed by atoms with Crippen molar-refractivity contribution in [1.29, 1.82) is 5.26 Å². The van der Waals surface area contributed by atoms with Crippen molar-refractivity contribution in [2.75, 3.05) is 0 Å². The molecule has 1 aliphatic rings. The zero-order chi connectivity index (χ0) is 15.6. The molecule has 0 saturated heterocycles. The SMILES string of the molecule is [C-]#[N+]C1=C(c2cccc([N+](=O)[O-])c2)NC(C)=C(C#N)[C@H]1C. The smallest absolute Gasteiger partial charge is 0.270 e. The molecule has 0 saturated carbocycles. The van der Waals surface area contributed by atoms with Crippen molar-refractivity contribution < 1.29 is 4.92 Å². The van der Waals surface area contributed by atoms with Crippen LogP contribution in [0.5, 0.6) is 0 Å². The minimum atomic E-state index is -0.475. The first kappa shape index (κ1) is 14.3. The minimum Gasteiger partial charge on any atom is -0.367 e. The Labute approximate surface area is 122 Å². The van der Waals surface area contributed by atoms with E-state index in [1.807, 2.05) is 0 Å². The lowest BCUT2D eigenvalue weighted by molar-refractivity contribution is -0.384. The lowest BCUT2D eigenvalue weighted by Gasteiger charge is -2.24. The molecule has 104 valence electrons. The van der Waals surface area contributed by atoms with E-state index < -0.39 is 4.92 Å². The van der Waals surface area contributed by atoms with Gasteiger partial charge in [0, 0.05) is 35.0 Å². The van der Waals surface area contributed by atoms with E-state index in [4.69, 9.17) is 11.8 Å². The quantitative estimate of drug-likeness (QED) is 0.512. The van der Waals surface area contributed by atoms with Crippen LogP contribution in [0.25, 0.3) is 10.5 Å². The molecule has 0 aliphatic carbocycles. The van der Waals surface area contributed by atoms with E-state index >= 15 is 0 Å². The van der Waals surface area contributed by atoms with Gasteiger partial charge in [-0.05, 0) is 12.5 Å². The first-order chi connectivity index (χ1) is 9.99. The van der Waals surface area contributed by atoms with Crippen molar-refractivity contribution in [1.82, 2.24) is 5.32 Å². The van der Waals surface area contributed by atoms with E-state index in [9.17, 15) is 10.1 Å². The van der Waals surface area contributed by atoms with Gasteiger partial charge in [-0.25, -0.2) is 4.85 Å². The fourth-order valence-electron chi connectivity index (χ4n) is 2.33. The van der Waals surface area contributed by atoms with Gasteiger partial charge >= 0.3 is 0 Å². The maximum atomic E-state index is 10.9. The third-order valence-electron chi connectivity index (χ3n) is 3.40. The van der Waals surface area contributed by atoms with Crippen molar-refractivity contribution >= 4 is 11.4 Å². The summed E-state index contributed by atoms with van der Waals surface area (Å²) in [5.74, 6) is -0.331. The monoisotopic (exact) mass is 280 g/mol. The van der Waals surface area contributed by atoms with Gasteiger partial charge in [-0.1, -0.05) is 19.1 Å². The second-order valence-corrected chi connectivity index (χ2v) is 4.68. The number of dihydropyridines is 1. The predicted molar refractivity (Wildman–Crippen MR) is 77.2 cm³/mol. The number of nitrogens with one attached hydrogen (secondary N) is 1. The maximum Gasteiger partial charge on any atom is 0.270 e. The normalized spacial score (nSPS) is 17.8. The molecule has 1 heterocycles. The Hall–Kier alpha value is -3.12. The van der Waals surface area contributed by atoms with Crippen LogP contribution >= 0.6 is 0 Å². The molecule has 1 atom stereocenters. The zero-order valence-corrected chi connectivity index (χ0v) is 11.5. The van der Waals surface area contributed by atoms with Crippen LogP contribution in [0.2, 0.25) is 0 Å². The second kappa shape index (κ2) is 5.48. The lowest BCUT2D eigenvalue weighted by atomic mass is 9.90. The molecule has 6 heteroatoms. The number of nitro benzene ring substituents is 1. The van der Waals surface area contributed by atoms with Crippen molar-refractivity contribution in [3.63, 3.8) is 0 Å². The molecule has 2 rings (SSSR count). The number of hydrogen-bond acceptors (Lipinski definition) is 4. The van der Waals surface area contributed by atoms with Crippen molar-refractivity contribution in [3.8, 4) is 6.07 Å². The summed E-state index contributed by atoms with van der Waals surface area (Å²) < 4.78 is 0. The van der Waals surface area contributed by atoms with Gasteiger partial charge in [-0.2, -0.15) is 5.26 Å². The van der Waals surface area contributed by atoms with Gasteiger partial charge in [-0.15, -0.1) is 0 Å². The zero-order valence-electron chi connectivity index (χ0n) is 11.5. The average molecular weight is 280 g/mol. The van der Waals surface area contributed by atoms with Gasteiger partial charge < -0.3 is 5.32 Å². The number of hydrogen-bond donors (Lipinski definition) is 1. The van der Waals surface area contributed by atoms with Crippen molar-refractivity contribution in [3.05, 3.63) is 68.3 Å². The van der Waals surface area contributed by atoms with Gasteiger partial charge in [0.25, 0.3) is 5.69 Å². The Morgan fingerprint density at radius 1 is 1.52 bits per heavy atom. The van der Waals surface area contributed by atoms with Gasteiger partial charge in [0.15, 0.2) is 5.70 Å². The topological polar surface area (TPSA) is 83.3 Å². The van der Waals surface area contributed by atoms with Gasteiger partial charge in [-0.3, -0.25) is 10.1 Å². The Morgan fingerprint density at radius 2 is 2.24 bits per heavy atom. The standard InChI is InChI=1S/C15H12N4O2/c1-9-13(8-16)10(2)18-15(14(9)17-3)11-5-4-6-12(7-11)19(20)21/h4-7,9,18H,1-2H3/t9-/m1/s1. The van der Waals surface area contributed by atoms with E-state index in [0.29, 0.717) is 28.2 Å². The molecule has 1 aliphatic heterocycles. The van der Waals surface area contributed by atoms with Crippen LogP contribution in [-0.2, 0) is 0 Å². The third kappa shape index (κ3) is 2.47. The molecule has 6 nitrogen and oxygen atoms in total. The minimum absolute atomic E-state index is 0.0357. The Morgan fingerprint density at radius 3 is 2.81 bits per heavy atom. The number of nitrogens with zero attached hydrogens (tertiary/aromatic N) is 3. The van der Waals surface area contributed by atoms with Crippen LogP contribution in [0.15, 0.2) is 41.2 Å². The molecule has 1 aromatic rings. The van der Waals surface area contributed by atoms with Crippen molar-refractivity contribution in [2.24, 2.45) is 5.92 Å². The van der Waals surface area contributed by atoms with E-state index in [1.165, 1.54) is 12.1 Å². The molecule has 1 N–H and O–H groups in total. The predicted octanol–water partition coefficient (Wildman–Crippen LogP) is 3.22. The first-order valence-electron chi connectivity index (χ1n) is 6.24. The highest BCUT2D eigenvalue weighted by Crippen LogP contribution is 2.34. The highest BCUT2D eigenvalue weighted by atomic mass is 16.6. The van der Waals surface area contributed by atoms with E-state index in [1.54, 1.807) is 26.0 Å². The average Bonchev–Trinajstić information content (AvgIpc) is 2.47. The summed E-state index contributed by atoms with van der Waals surface area (Å²) >= 11 is 0. The van der Waals surface area contributed by atoms with Gasteiger partial charge in [0.05, 0.1) is 17.6 Å². The van der Waals surface area contributed by atoms with Crippen LogP contribution in [0.3, 0.4) is 0 Å². The largest absolute Gasteiger partial charge is 0.367 e. The summed E-state index contributed by atoms with van der Waals surface area (Å²) in [6.45, 7) is 10.9. The maximum absolute atomic E-state index is 10.9.